The summed E-state index contributed by atoms with van der Waals surface area (Å²) in [4.78, 5) is 12.9. The molecule has 5 nitrogen and oxygen atoms in total. The molecular formula is C22H20Cl2N2O3S. The van der Waals surface area contributed by atoms with Crippen molar-refractivity contribution in [2.75, 3.05) is 5.32 Å². The molecule has 3 aromatic rings. The maximum atomic E-state index is 13.0. The highest BCUT2D eigenvalue weighted by atomic mass is 35.5. The fourth-order valence-electron chi connectivity index (χ4n) is 2.90. The lowest BCUT2D eigenvalue weighted by Gasteiger charge is -2.20. The monoisotopic (exact) mass is 462 g/mol. The average molecular weight is 463 g/mol. The van der Waals surface area contributed by atoms with Gasteiger partial charge < -0.3 is 5.32 Å². The number of rotatable bonds is 7. The fourth-order valence-corrected chi connectivity index (χ4v) is 4.86. The summed E-state index contributed by atoms with van der Waals surface area (Å²) in [6, 6.07) is 19.5. The van der Waals surface area contributed by atoms with Gasteiger partial charge in [-0.3, -0.25) is 4.79 Å². The first-order valence-corrected chi connectivity index (χ1v) is 11.4. The summed E-state index contributed by atoms with van der Waals surface area (Å²) in [6.45, 7) is 1.86. The van der Waals surface area contributed by atoms with Gasteiger partial charge >= 0.3 is 0 Å². The number of nitrogens with one attached hydrogen (secondary N) is 2. The number of hydrogen-bond donors (Lipinski definition) is 2. The maximum absolute atomic E-state index is 13.0. The van der Waals surface area contributed by atoms with Crippen LogP contribution in [-0.2, 0) is 21.2 Å². The van der Waals surface area contributed by atoms with Gasteiger partial charge in [0.05, 0.1) is 5.02 Å². The van der Waals surface area contributed by atoms with Crippen molar-refractivity contribution in [3.63, 3.8) is 0 Å². The van der Waals surface area contributed by atoms with Gasteiger partial charge in [-0.25, -0.2) is 8.42 Å². The molecule has 2 N–H and O–H groups in total. The molecule has 0 bridgehead atoms. The molecule has 0 aromatic heterocycles. The normalized spacial score (nSPS) is 12.4. The summed E-state index contributed by atoms with van der Waals surface area (Å²) < 4.78 is 28.5. The highest BCUT2D eigenvalue weighted by Crippen LogP contribution is 2.25. The topological polar surface area (TPSA) is 75.3 Å². The van der Waals surface area contributed by atoms with E-state index in [0.29, 0.717) is 5.69 Å². The molecule has 0 aliphatic rings. The zero-order valence-electron chi connectivity index (χ0n) is 16.1. The van der Waals surface area contributed by atoms with Crippen molar-refractivity contribution in [2.24, 2.45) is 0 Å². The van der Waals surface area contributed by atoms with Crippen LogP contribution in [0.2, 0.25) is 10.0 Å². The van der Waals surface area contributed by atoms with E-state index in [1.54, 1.807) is 12.1 Å². The lowest BCUT2D eigenvalue weighted by molar-refractivity contribution is -0.117. The second kappa shape index (κ2) is 9.62. The smallest absolute Gasteiger partial charge is 0.242 e. The second-order valence-corrected chi connectivity index (χ2v) is 9.27. The van der Waals surface area contributed by atoms with Gasteiger partial charge in [0.15, 0.2) is 0 Å². The summed E-state index contributed by atoms with van der Waals surface area (Å²) in [7, 11) is -4.11. The number of benzene rings is 3. The molecule has 0 spiro atoms. The van der Waals surface area contributed by atoms with Crippen molar-refractivity contribution < 1.29 is 13.2 Å². The molecule has 0 unspecified atom stereocenters. The Labute approximate surface area is 186 Å². The van der Waals surface area contributed by atoms with Gasteiger partial charge in [0, 0.05) is 10.7 Å². The molecule has 0 aliphatic carbocycles. The number of carbonyl (C=O) groups is 1. The number of carbonyl (C=O) groups excluding carboxylic acids is 1. The Morgan fingerprint density at radius 1 is 0.967 bits per heavy atom. The molecule has 30 heavy (non-hydrogen) atoms. The molecule has 0 aliphatic heterocycles. The first-order chi connectivity index (χ1) is 14.3. The van der Waals surface area contributed by atoms with Crippen LogP contribution in [0.4, 0.5) is 5.69 Å². The quantitative estimate of drug-likeness (QED) is 0.527. The van der Waals surface area contributed by atoms with Crippen LogP contribution in [0.1, 0.15) is 11.1 Å². The predicted molar refractivity (Wildman–Crippen MR) is 121 cm³/mol. The van der Waals surface area contributed by atoms with Crippen LogP contribution in [0, 0.1) is 6.92 Å². The van der Waals surface area contributed by atoms with Crippen LogP contribution in [0.5, 0.6) is 0 Å². The minimum absolute atomic E-state index is 0.0182. The predicted octanol–water partition coefficient (Wildman–Crippen LogP) is 4.83. The lowest BCUT2D eigenvalue weighted by atomic mass is 10.1. The second-order valence-electron chi connectivity index (χ2n) is 6.74. The molecule has 1 amide bonds. The van der Waals surface area contributed by atoms with E-state index in [4.69, 9.17) is 23.2 Å². The Hall–Kier alpha value is -2.38. The number of sulfonamides is 1. The van der Waals surface area contributed by atoms with Gasteiger partial charge in [-0.05, 0) is 48.7 Å². The van der Waals surface area contributed by atoms with Crippen LogP contribution in [0.3, 0.4) is 0 Å². The van der Waals surface area contributed by atoms with E-state index in [1.165, 1.54) is 18.2 Å². The van der Waals surface area contributed by atoms with Crippen molar-refractivity contribution in [1.82, 2.24) is 4.72 Å². The average Bonchev–Trinajstić information content (AvgIpc) is 2.71. The van der Waals surface area contributed by atoms with Gasteiger partial charge in [0.2, 0.25) is 15.9 Å². The summed E-state index contributed by atoms with van der Waals surface area (Å²) in [5, 5.41) is 3.05. The summed E-state index contributed by atoms with van der Waals surface area (Å²) in [5.41, 5.74) is 2.29. The SMILES string of the molecule is Cc1ccccc1NC(=O)[C@@H](Cc1ccccc1)NS(=O)(=O)c1cc(Cl)ccc1Cl. The molecular weight excluding hydrogens is 443 g/mol. The third-order valence-electron chi connectivity index (χ3n) is 4.48. The number of amides is 1. The van der Waals surface area contributed by atoms with E-state index in [9.17, 15) is 13.2 Å². The Balaban J connectivity index is 1.91. The molecule has 0 fully saturated rings. The molecule has 0 radical (unpaired) electrons. The van der Waals surface area contributed by atoms with Crippen molar-refractivity contribution in [3.05, 3.63) is 94.0 Å². The summed E-state index contributed by atoms with van der Waals surface area (Å²) in [6.07, 6.45) is 0.163. The Bertz CT molecular complexity index is 1150. The first-order valence-electron chi connectivity index (χ1n) is 9.14. The zero-order chi connectivity index (χ0) is 21.7. The number of anilines is 1. The van der Waals surface area contributed by atoms with Crippen molar-refractivity contribution in [2.45, 2.75) is 24.3 Å². The minimum Gasteiger partial charge on any atom is -0.324 e. The molecule has 0 saturated heterocycles. The maximum Gasteiger partial charge on any atom is 0.242 e. The highest BCUT2D eigenvalue weighted by Gasteiger charge is 2.28. The van der Waals surface area contributed by atoms with Crippen molar-refractivity contribution in [1.29, 1.82) is 0 Å². The van der Waals surface area contributed by atoms with Gasteiger partial charge in [-0.2, -0.15) is 4.72 Å². The van der Waals surface area contributed by atoms with E-state index in [0.717, 1.165) is 11.1 Å². The largest absolute Gasteiger partial charge is 0.324 e. The van der Waals surface area contributed by atoms with Crippen molar-refractivity contribution >= 4 is 44.8 Å². The van der Waals surface area contributed by atoms with Crippen LogP contribution >= 0.6 is 23.2 Å². The Morgan fingerprint density at radius 3 is 2.33 bits per heavy atom. The number of aryl methyl sites for hydroxylation is 1. The van der Waals surface area contributed by atoms with E-state index < -0.39 is 22.0 Å². The van der Waals surface area contributed by atoms with Gasteiger partial charge in [-0.15, -0.1) is 0 Å². The number of para-hydroxylation sites is 1. The van der Waals surface area contributed by atoms with Gasteiger partial charge in [0.1, 0.15) is 10.9 Å². The summed E-state index contributed by atoms with van der Waals surface area (Å²) >= 11 is 12.0. The minimum atomic E-state index is -4.11. The third kappa shape index (κ3) is 5.61. The summed E-state index contributed by atoms with van der Waals surface area (Å²) in [5.74, 6) is -0.477. The van der Waals surface area contributed by atoms with Crippen molar-refractivity contribution in [3.8, 4) is 0 Å². The number of halogens is 2. The third-order valence-corrected chi connectivity index (χ3v) is 6.67. The van der Waals surface area contributed by atoms with Crippen LogP contribution in [0.15, 0.2) is 77.7 Å². The van der Waals surface area contributed by atoms with Crippen LogP contribution in [0.25, 0.3) is 0 Å². The number of hydrogen-bond acceptors (Lipinski definition) is 3. The molecule has 0 heterocycles. The molecule has 8 heteroatoms. The van der Waals surface area contributed by atoms with E-state index in [2.05, 4.69) is 10.0 Å². The van der Waals surface area contributed by atoms with Gasteiger partial charge in [0.25, 0.3) is 0 Å². The van der Waals surface area contributed by atoms with E-state index in [-0.39, 0.29) is 21.4 Å². The lowest BCUT2D eigenvalue weighted by Crippen LogP contribution is -2.45. The van der Waals surface area contributed by atoms with Crippen LogP contribution < -0.4 is 10.0 Å². The molecule has 156 valence electrons. The Kier molecular flexibility index (Phi) is 7.15. The van der Waals surface area contributed by atoms with Gasteiger partial charge in [-0.1, -0.05) is 71.7 Å². The first kappa shape index (κ1) is 22.3. The highest BCUT2D eigenvalue weighted by molar-refractivity contribution is 7.89. The van der Waals surface area contributed by atoms with E-state index >= 15 is 0 Å². The Morgan fingerprint density at radius 2 is 1.63 bits per heavy atom. The molecule has 3 aromatic carbocycles. The standard InChI is InChI=1S/C22H20Cl2N2O3S/c1-15-7-5-6-10-19(15)25-22(27)20(13-16-8-3-2-4-9-16)26-30(28,29)21-14-17(23)11-12-18(21)24/h2-12,14,20,26H,13H2,1H3,(H,25,27)/t20-/m1/s1. The zero-order valence-corrected chi connectivity index (χ0v) is 18.4. The molecule has 3 rings (SSSR count). The fraction of sp³-hybridized carbons (Fsp3) is 0.136. The van der Waals surface area contributed by atoms with Crippen LogP contribution in [-0.4, -0.2) is 20.4 Å². The molecule has 0 saturated carbocycles. The molecule has 1 atom stereocenters. The van der Waals surface area contributed by atoms with E-state index in [1.807, 2.05) is 49.4 Å².